The number of nitrogens with one attached hydrogen (secondary N) is 1. The third kappa shape index (κ3) is 3.67. The van der Waals surface area contributed by atoms with Crippen LogP contribution < -0.4 is 5.32 Å². The van der Waals surface area contributed by atoms with Gasteiger partial charge in [0.1, 0.15) is 5.69 Å². The molecule has 0 unspecified atom stereocenters. The molecule has 2 N–H and O–H groups in total. The smallest absolute Gasteiger partial charge is 0.356 e. The molecule has 5 nitrogen and oxygen atoms in total. The van der Waals surface area contributed by atoms with Crippen molar-refractivity contribution in [1.29, 1.82) is 0 Å². The van der Waals surface area contributed by atoms with Crippen molar-refractivity contribution in [3.8, 4) is 0 Å². The largest absolute Gasteiger partial charge is 0.464 e. The number of ether oxygens (including phenoxy) is 1. The molecule has 0 spiro atoms. The number of pyridine rings is 1. The second-order valence-corrected chi connectivity index (χ2v) is 5.06. The molecule has 19 heavy (non-hydrogen) atoms. The van der Waals surface area contributed by atoms with Gasteiger partial charge in [-0.25, -0.2) is 9.78 Å². The van der Waals surface area contributed by atoms with Crippen LogP contribution in [0.3, 0.4) is 0 Å². The van der Waals surface area contributed by atoms with Crippen LogP contribution in [0.15, 0.2) is 18.3 Å². The number of aromatic nitrogens is 1. The number of aliphatic hydroxyl groups is 1. The normalized spacial score (nSPS) is 17.8. The van der Waals surface area contributed by atoms with Crippen molar-refractivity contribution in [1.82, 2.24) is 4.98 Å². The number of methoxy groups -OCH3 is 1. The number of hydrogen-bond donors (Lipinski definition) is 2. The summed E-state index contributed by atoms with van der Waals surface area (Å²) in [6, 6.07) is 3.41. The first kappa shape index (κ1) is 13.8. The van der Waals surface area contributed by atoms with Crippen LogP contribution in [-0.4, -0.2) is 35.3 Å². The molecule has 1 fully saturated rings. The second kappa shape index (κ2) is 6.02. The topological polar surface area (TPSA) is 71.5 Å². The van der Waals surface area contributed by atoms with Crippen molar-refractivity contribution in [2.45, 2.75) is 37.7 Å². The summed E-state index contributed by atoms with van der Waals surface area (Å²) in [6.45, 7) is 0.498. The molecule has 1 aromatic rings. The Kier molecular flexibility index (Phi) is 4.37. The maximum absolute atomic E-state index is 11.4. The predicted octanol–water partition coefficient (Wildman–Crippen LogP) is 1.98. The summed E-state index contributed by atoms with van der Waals surface area (Å²) >= 11 is 0. The first-order chi connectivity index (χ1) is 9.13. The van der Waals surface area contributed by atoms with Crippen LogP contribution in [0, 0.1) is 0 Å². The minimum absolute atomic E-state index is 0.267. The zero-order valence-electron chi connectivity index (χ0n) is 11.2. The van der Waals surface area contributed by atoms with E-state index in [2.05, 4.69) is 15.0 Å². The first-order valence-corrected chi connectivity index (χ1v) is 6.64. The van der Waals surface area contributed by atoms with E-state index in [0.29, 0.717) is 6.54 Å². The number of carbonyl (C=O) groups excluding carboxylic acids is 1. The molecule has 5 heteroatoms. The maximum atomic E-state index is 11.4. The average Bonchev–Trinajstić information content (AvgIpc) is 2.45. The van der Waals surface area contributed by atoms with Gasteiger partial charge in [-0.05, 0) is 25.0 Å². The maximum Gasteiger partial charge on any atom is 0.356 e. The molecule has 0 bridgehead atoms. The second-order valence-electron chi connectivity index (χ2n) is 5.06. The van der Waals surface area contributed by atoms with Gasteiger partial charge in [0.05, 0.1) is 12.7 Å². The van der Waals surface area contributed by atoms with E-state index in [0.717, 1.165) is 31.4 Å². The van der Waals surface area contributed by atoms with E-state index in [1.54, 1.807) is 18.3 Å². The highest BCUT2D eigenvalue weighted by Crippen LogP contribution is 2.28. The molecule has 0 atom stereocenters. The van der Waals surface area contributed by atoms with Crippen LogP contribution in [0.2, 0.25) is 0 Å². The molecule has 0 radical (unpaired) electrons. The lowest BCUT2D eigenvalue weighted by Gasteiger charge is -2.32. The molecular formula is C14H20N2O3. The SMILES string of the molecule is COC(=O)c1cc(NCC2(O)CCCCC2)ccn1. The summed E-state index contributed by atoms with van der Waals surface area (Å²) in [5.41, 5.74) is 0.407. The van der Waals surface area contributed by atoms with Crippen molar-refractivity contribution in [2.75, 3.05) is 19.0 Å². The lowest BCUT2D eigenvalue weighted by molar-refractivity contribution is 0.0167. The van der Waals surface area contributed by atoms with Crippen LogP contribution in [0.5, 0.6) is 0 Å². The molecule has 1 aliphatic rings. The van der Waals surface area contributed by atoms with Gasteiger partial charge in [-0.2, -0.15) is 0 Å². The first-order valence-electron chi connectivity index (χ1n) is 6.64. The van der Waals surface area contributed by atoms with Crippen molar-refractivity contribution in [3.63, 3.8) is 0 Å². The third-order valence-electron chi connectivity index (χ3n) is 3.56. The van der Waals surface area contributed by atoms with Crippen molar-refractivity contribution >= 4 is 11.7 Å². The summed E-state index contributed by atoms with van der Waals surface area (Å²) in [4.78, 5) is 15.3. The Morgan fingerprint density at radius 3 is 2.89 bits per heavy atom. The Morgan fingerprint density at radius 1 is 1.47 bits per heavy atom. The van der Waals surface area contributed by atoms with Crippen LogP contribution >= 0.6 is 0 Å². The van der Waals surface area contributed by atoms with Crippen molar-refractivity contribution < 1.29 is 14.6 Å². The van der Waals surface area contributed by atoms with Crippen LogP contribution in [0.1, 0.15) is 42.6 Å². The summed E-state index contributed by atoms with van der Waals surface area (Å²) in [7, 11) is 1.33. The van der Waals surface area contributed by atoms with E-state index in [9.17, 15) is 9.90 Å². The van der Waals surface area contributed by atoms with Gasteiger partial charge in [-0.15, -0.1) is 0 Å². The average molecular weight is 264 g/mol. The van der Waals surface area contributed by atoms with Gasteiger partial charge in [0.15, 0.2) is 0 Å². The number of carbonyl (C=O) groups is 1. The fraction of sp³-hybridized carbons (Fsp3) is 0.571. The fourth-order valence-electron chi connectivity index (χ4n) is 2.41. The van der Waals surface area contributed by atoms with Gasteiger partial charge in [-0.3, -0.25) is 0 Å². The zero-order chi connectivity index (χ0) is 13.7. The number of anilines is 1. The number of nitrogens with zero attached hydrogens (tertiary/aromatic N) is 1. The van der Waals surface area contributed by atoms with E-state index in [-0.39, 0.29) is 5.69 Å². The Hall–Kier alpha value is -1.62. The molecule has 104 valence electrons. The van der Waals surface area contributed by atoms with Gasteiger partial charge < -0.3 is 15.2 Å². The Morgan fingerprint density at radius 2 is 2.21 bits per heavy atom. The molecule has 0 amide bonds. The molecular weight excluding hydrogens is 244 g/mol. The third-order valence-corrected chi connectivity index (χ3v) is 3.56. The van der Waals surface area contributed by atoms with Crippen LogP contribution in [-0.2, 0) is 4.74 Å². The number of hydrogen-bond acceptors (Lipinski definition) is 5. The van der Waals surface area contributed by atoms with E-state index < -0.39 is 11.6 Å². The fourth-order valence-corrected chi connectivity index (χ4v) is 2.41. The summed E-state index contributed by atoms with van der Waals surface area (Å²) in [6.07, 6.45) is 6.55. The molecule has 1 heterocycles. The van der Waals surface area contributed by atoms with E-state index >= 15 is 0 Å². The lowest BCUT2D eigenvalue weighted by Crippen LogP contribution is -2.38. The Balaban J connectivity index is 1.97. The molecule has 1 aliphatic carbocycles. The van der Waals surface area contributed by atoms with Gasteiger partial charge in [0.25, 0.3) is 0 Å². The van der Waals surface area contributed by atoms with Crippen LogP contribution in [0.4, 0.5) is 5.69 Å². The van der Waals surface area contributed by atoms with E-state index in [1.165, 1.54) is 13.5 Å². The molecule has 1 aromatic heterocycles. The summed E-state index contributed by atoms with van der Waals surface area (Å²) in [5.74, 6) is -0.458. The van der Waals surface area contributed by atoms with Gasteiger partial charge in [0, 0.05) is 18.4 Å². The minimum atomic E-state index is -0.632. The summed E-state index contributed by atoms with van der Waals surface area (Å²) in [5, 5.41) is 13.6. The predicted molar refractivity (Wildman–Crippen MR) is 72.1 cm³/mol. The highest BCUT2D eigenvalue weighted by atomic mass is 16.5. The lowest BCUT2D eigenvalue weighted by atomic mass is 9.85. The van der Waals surface area contributed by atoms with E-state index in [4.69, 9.17) is 0 Å². The van der Waals surface area contributed by atoms with Crippen LogP contribution in [0.25, 0.3) is 0 Å². The Labute approximate surface area is 113 Å². The van der Waals surface area contributed by atoms with Crippen molar-refractivity contribution in [3.05, 3.63) is 24.0 Å². The standard InChI is InChI=1S/C14H20N2O3/c1-19-13(17)12-9-11(5-8-15-12)16-10-14(18)6-3-2-4-7-14/h5,8-9,18H,2-4,6-7,10H2,1H3,(H,15,16). The van der Waals surface area contributed by atoms with Crippen molar-refractivity contribution in [2.24, 2.45) is 0 Å². The number of esters is 1. The molecule has 1 saturated carbocycles. The zero-order valence-corrected chi connectivity index (χ0v) is 11.2. The highest BCUT2D eigenvalue weighted by molar-refractivity contribution is 5.88. The highest BCUT2D eigenvalue weighted by Gasteiger charge is 2.28. The Bertz CT molecular complexity index is 442. The van der Waals surface area contributed by atoms with Gasteiger partial charge >= 0.3 is 5.97 Å². The molecule has 0 aromatic carbocycles. The molecule has 0 saturated heterocycles. The quantitative estimate of drug-likeness (QED) is 0.814. The van der Waals surface area contributed by atoms with E-state index in [1.807, 2.05) is 0 Å². The molecule has 0 aliphatic heterocycles. The summed E-state index contributed by atoms with van der Waals surface area (Å²) < 4.78 is 4.63. The minimum Gasteiger partial charge on any atom is -0.464 e. The number of rotatable bonds is 4. The monoisotopic (exact) mass is 264 g/mol. The molecule has 2 rings (SSSR count). The van der Waals surface area contributed by atoms with Gasteiger partial charge in [0.2, 0.25) is 0 Å². The van der Waals surface area contributed by atoms with Gasteiger partial charge in [-0.1, -0.05) is 19.3 Å².